The monoisotopic (exact) mass is 456 g/mol. The van der Waals surface area contributed by atoms with Gasteiger partial charge in [-0.1, -0.05) is 29.8 Å². The number of carbonyl (C=O) groups excluding carboxylic acids is 1. The second kappa shape index (κ2) is 8.74. The van der Waals surface area contributed by atoms with Crippen molar-refractivity contribution in [3.63, 3.8) is 0 Å². The molecular weight excluding hydrogens is 439 g/mol. The summed E-state index contributed by atoms with van der Waals surface area (Å²) in [5, 5.41) is -0.406. The lowest BCUT2D eigenvalue weighted by atomic mass is 10.1. The molecular formula is C24H18ClF3N3O. The van der Waals surface area contributed by atoms with Gasteiger partial charge in [0.1, 0.15) is 11.5 Å². The number of alkyl halides is 3. The molecule has 0 aliphatic rings. The fourth-order valence-corrected chi connectivity index (χ4v) is 3.78. The largest absolute Gasteiger partial charge is 0.417 e. The molecule has 8 heteroatoms. The third-order valence-corrected chi connectivity index (χ3v) is 5.44. The van der Waals surface area contributed by atoms with Gasteiger partial charge in [-0.2, -0.15) is 13.2 Å². The third-order valence-electron chi connectivity index (χ3n) is 5.13. The molecule has 4 rings (SSSR count). The number of benzene rings is 2. The lowest BCUT2D eigenvalue weighted by molar-refractivity contribution is -0.137. The summed E-state index contributed by atoms with van der Waals surface area (Å²) in [6.07, 6.45) is -2.12. The van der Waals surface area contributed by atoms with E-state index >= 15 is 0 Å². The molecule has 0 aliphatic heterocycles. The third kappa shape index (κ3) is 4.39. The van der Waals surface area contributed by atoms with Crippen LogP contribution in [0.25, 0.3) is 16.7 Å². The van der Waals surface area contributed by atoms with E-state index in [1.165, 1.54) is 12.3 Å². The van der Waals surface area contributed by atoms with Gasteiger partial charge in [-0.05, 0) is 55.3 Å². The Hall–Kier alpha value is -3.19. The van der Waals surface area contributed by atoms with Crippen molar-refractivity contribution in [2.24, 2.45) is 0 Å². The number of fused-ring (bicyclic) bond motifs is 1. The average molecular weight is 457 g/mol. The number of pyridine rings is 1. The molecule has 0 N–H and O–H groups in total. The van der Waals surface area contributed by atoms with Crippen molar-refractivity contribution in [2.75, 3.05) is 0 Å². The molecule has 4 nitrogen and oxygen atoms in total. The fraction of sp³-hybridized carbons (Fsp3) is 0.167. The van der Waals surface area contributed by atoms with E-state index in [9.17, 15) is 18.0 Å². The highest BCUT2D eigenvalue weighted by Gasteiger charge is 2.34. The number of halogens is 4. The minimum Gasteiger partial charge on any atom is -0.296 e. The molecule has 163 valence electrons. The zero-order valence-electron chi connectivity index (χ0n) is 16.9. The second-order valence-corrected chi connectivity index (χ2v) is 7.64. The number of rotatable bonds is 6. The van der Waals surface area contributed by atoms with E-state index in [4.69, 9.17) is 11.6 Å². The highest BCUT2D eigenvalue weighted by Crippen LogP contribution is 2.38. The number of nitrogens with zero attached hydrogens (tertiary/aromatic N) is 3. The van der Waals surface area contributed by atoms with Crippen LogP contribution in [0.5, 0.6) is 0 Å². The normalized spacial score (nSPS) is 11.8. The van der Waals surface area contributed by atoms with E-state index in [1.807, 2.05) is 24.3 Å². The van der Waals surface area contributed by atoms with Crippen LogP contribution in [0.2, 0.25) is 5.02 Å². The number of Topliss-reactive ketones (excluding diaryl/α,β-unsaturated/α-hetero) is 1. The van der Waals surface area contributed by atoms with Gasteiger partial charge in [0, 0.05) is 24.7 Å². The molecule has 0 unspecified atom stereocenters. The fourth-order valence-electron chi connectivity index (χ4n) is 3.51. The Morgan fingerprint density at radius 2 is 1.84 bits per heavy atom. The number of imidazole rings is 1. The molecule has 0 amide bonds. The standard InChI is InChI=1S/C24H18ClF3N3O/c1-2-15-6-8-16(9-7-15)31-21-14-18(25)17(24(26,27)28)13-20(21)30-23(31)11-10-22(32)19-5-3-4-12-29-19/h3-9,12-14H,1-2,10-11H2. The van der Waals surface area contributed by atoms with Gasteiger partial charge < -0.3 is 0 Å². The molecule has 0 spiro atoms. The molecule has 0 saturated carbocycles. The van der Waals surface area contributed by atoms with Crippen molar-refractivity contribution < 1.29 is 18.0 Å². The molecule has 0 aliphatic carbocycles. The molecule has 0 atom stereocenters. The van der Waals surface area contributed by atoms with Crippen LogP contribution in [0.15, 0.2) is 60.8 Å². The first-order valence-corrected chi connectivity index (χ1v) is 10.3. The van der Waals surface area contributed by atoms with Crippen molar-refractivity contribution in [3.05, 3.63) is 95.4 Å². The Balaban J connectivity index is 1.79. The maximum atomic E-state index is 13.4. The number of hydrogen-bond acceptors (Lipinski definition) is 3. The number of aromatic nitrogens is 3. The lowest BCUT2D eigenvalue weighted by Crippen LogP contribution is -2.07. The van der Waals surface area contributed by atoms with Crippen LogP contribution in [0, 0.1) is 6.92 Å². The molecule has 0 saturated heterocycles. The molecule has 2 aromatic heterocycles. The molecule has 32 heavy (non-hydrogen) atoms. The Labute approximate surface area is 187 Å². The van der Waals surface area contributed by atoms with Gasteiger partial charge in [0.2, 0.25) is 0 Å². The molecule has 2 aromatic carbocycles. The van der Waals surface area contributed by atoms with Crippen LogP contribution >= 0.6 is 11.6 Å². The van der Waals surface area contributed by atoms with Crippen LogP contribution in [-0.2, 0) is 19.0 Å². The quantitative estimate of drug-likeness (QED) is 0.320. The van der Waals surface area contributed by atoms with E-state index in [-0.39, 0.29) is 24.1 Å². The first-order valence-electron chi connectivity index (χ1n) is 9.89. The summed E-state index contributed by atoms with van der Waals surface area (Å²) in [4.78, 5) is 21.0. The van der Waals surface area contributed by atoms with Gasteiger partial charge >= 0.3 is 6.18 Å². The van der Waals surface area contributed by atoms with Gasteiger partial charge in [-0.3, -0.25) is 14.3 Å². The number of hydrogen-bond donors (Lipinski definition) is 0. The highest BCUT2D eigenvalue weighted by atomic mass is 35.5. The first kappa shape index (κ1) is 22.0. The van der Waals surface area contributed by atoms with E-state index in [0.717, 1.165) is 11.6 Å². The van der Waals surface area contributed by atoms with Crippen LogP contribution in [0.1, 0.15) is 33.9 Å². The Morgan fingerprint density at radius 3 is 2.47 bits per heavy atom. The van der Waals surface area contributed by atoms with Crippen molar-refractivity contribution >= 4 is 28.4 Å². The Morgan fingerprint density at radius 1 is 1.09 bits per heavy atom. The van der Waals surface area contributed by atoms with Gasteiger partial charge in [0.05, 0.1) is 21.6 Å². The van der Waals surface area contributed by atoms with E-state index < -0.39 is 16.8 Å². The maximum Gasteiger partial charge on any atom is 0.417 e. The minimum absolute atomic E-state index is 0.108. The summed E-state index contributed by atoms with van der Waals surface area (Å²) in [6.45, 7) is 3.85. The Bertz CT molecular complexity index is 1270. The maximum absolute atomic E-state index is 13.4. The predicted molar refractivity (Wildman–Crippen MR) is 117 cm³/mol. The number of ketones is 1. The van der Waals surface area contributed by atoms with Crippen molar-refractivity contribution in [1.82, 2.24) is 14.5 Å². The van der Waals surface area contributed by atoms with Crippen LogP contribution in [0.4, 0.5) is 13.2 Å². The summed E-state index contributed by atoms with van der Waals surface area (Å²) in [7, 11) is 0. The summed E-state index contributed by atoms with van der Waals surface area (Å²) < 4.78 is 41.8. The van der Waals surface area contributed by atoms with Crippen molar-refractivity contribution in [2.45, 2.75) is 25.4 Å². The summed E-state index contributed by atoms with van der Waals surface area (Å²) in [5.74, 6) is 0.285. The number of aryl methyl sites for hydroxylation is 1. The summed E-state index contributed by atoms with van der Waals surface area (Å²) in [6, 6.07) is 14.8. The van der Waals surface area contributed by atoms with E-state index in [2.05, 4.69) is 16.9 Å². The van der Waals surface area contributed by atoms with Crippen molar-refractivity contribution in [3.8, 4) is 5.69 Å². The number of carbonyl (C=O) groups is 1. The molecule has 4 aromatic rings. The smallest absolute Gasteiger partial charge is 0.296 e. The van der Waals surface area contributed by atoms with Crippen molar-refractivity contribution in [1.29, 1.82) is 0 Å². The minimum atomic E-state index is -4.60. The van der Waals surface area contributed by atoms with E-state index in [0.29, 0.717) is 29.1 Å². The van der Waals surface area contributed by atoms with Gasteiger partial charge in [-0.15, -0.1) is 0 Å². The predicted octanol–water partition coefficient (Wildman–Crippen LogP) is 6.28. The molecule has 0 fully saturated rings. The van der Waals surface area contributed by atoms with Crippen LogP contribution in [0.3, 0.4) is 0 Å². The van der Waals surface area contributed by atoms with Gasteiger partial charge in [0.25, 0.3) is 0 Å². The zero-order chi connectivity index (χ0) is 22.9. The first-order chi connectivity index (χ1) is 15.3. The summed E-state index contributed by atoms with van der Waals surface area (Å²) >= 11 is 5.98. The average Bonchev–Trinajstić information content (AvgIpc) is 3.14. The van der Waals surface area contributed by atoms with Crippen LogP contribution < -0.4 is 0 Å². The molecule has 2 heterocycles. The topological polar surface area (TPSA) is 47.8 Å². The molecule has 0 bridgehead atoms. The van der Waals surface area contributed by atoms with Gasteiger partial charge in [-0.25, -0.2) is 4.98 Å². The SMILES string of the molecule is [CH2]Cc1ccc(-n2c(CCC(=O)c3ccccn3)nc3cc(C(F)(F)F)c(Cl)cc32)cc1. The summed E-state index contributed by atoms with van der Waals surface area (Å²) in [5.41, 5.74) is 1.70. The highest BCUT2D eigenvalue weighted by molar-refractivity contribution is 6.32. The van der Waals surface area contributed by atoms with Gasteiger partial charge in [0.15, 0.2) is 5.78 Å². The lowest BCUT2D eigenvalue weighted by Gasteiger charge is -2.12. The Kier molecular flexibility index (Phi) is 6.02. The second-order valence-electron chi connectivity index (χ2n) is 7.24. The van der Waals surface area contributed by atoms with Crippen LogP contribution in [-0.4, -0.2) is 20.3 Å². The van der Waals surface area contributed by atoms with E-state index in [1.54, 1.807) is 22.8 Å². The molecule has 1 radical (unpaired) electrons. The zero-order valence-corrected chi connectivity index (χ0v) is 17.6.